The van der Waals surface area contributed by atoms with Gasteiger partial charge < -0.3 is 10.3 Å². The summed E-state index contributed by atoms with van der Waals surface area (Å²) in [5.74, 6) is -1.13. The third kappa shape index (κ3) is 2.72. The lowest BCUT2D eigenvalue weighted by molar-refractivity contribution is 0.102. The first-order valence-corrected chi connectivity index (χ1v) is 5.71. The molecule has 20 heavy (non-hydrogen) atoms. The van der Waals surface area contributed by atoms with E-state index in [-0.39, 0.29) is 22.4 Å². The van der Waals surface area contributed by atoms with Gasteiger partial charge in [-0.15, -0.1) is 0 Å². The molecule has 1 aromatic heterocycles. The summed E-state index contributed by atoms with van der Waals surface area (Å²) >= 11 is 0. The maximum atomic E-state index is 13.6. The van der Waals surface area contributed by atoms with Gasteiger partial charge in [0.05, 0.1) is 11.6 Å². The smallest absolute Gasteiger partial charge is 0.255 e. The molecular formula is C14H10FN3O2. The van der Waals surface area contributed by atoms with Gasteiger partial charge in [-0.2, -0.15) is 5.26 Å². The third-order valence-corrected chi connectivity index (χ3v) is 2.76. The molecule has 0 unspecified atom stereocenters. The number of benzene rings is 1. The van der Waals surface area contributed by atoms with E-state index >= 15 is 0 Å². The lowest BCUT2D eigenvalue weighted by Crippen LogP contribution is -2.16. The fraction of sp³-hybridized carbons (Fsp3) is 0.0714. The SMILES string of the molecule is Cc1c(F)cc(C#N)cc1NC(=O)c1cc[nH]c(=O)c1. The Morgan fingerprint density at radius 2 is 2.15 bits per heavy atom. The number of nitrogens with zero attached hydrogens (tertiary/aromatic N) is 1. The van der Waals surface area contributed by atoms with Gasteiger partial charge >= 0.3 is 0 Å². The van der Waals surface area contributed by atoms with Gasteiger partial charge in [0, 0.05) is 29.1 Å². The number of H-pyrrole nitrogens is 1. The van der Waals surface area contributed by atoms with E-state index in [9.17, 15) is 14.0 Å². The van der Waals surface area contributed by atoms with Crippen molar-refractivity contribution in [2.45, 2.75) is 6.92 Å². The lowest BCUT2D eigenvalue weighted by Gasteiger charge is -2.09. The molecule has 6 heteroatoms. The van der Waals surface area contributed by atoms with Crippen LogP contribution in [0, 0.1) is 24.1 Å². The van der Waals surface area contributed by atoms with Crippen LogP contribution in [-0.4, -0.2) is 10.9 Å². The highest BCUT2D eigenvalue weighted by Crippen LogP contribution is 2.21. The molecule has 0 saturated carbocycles. The molecule has 1 aromatic carbocycles. The molecule has 2 N–H and O–H groups in total. The van der Waals surface area contributed by atoms with Gasteiger partial charge in [-0.1, -0.05) is 0 Å². The number of nitrogens with one attached hydrogen (secondary N) is 2. The summed E-state index contributed by atoms with van der Waals surface area (Å²) in [4.78, 5) is 25.5. The maximum absolute atomic E-state index is 13.6. The van der Waals surface area contributed by atoms with Crippen LogP contribution in [0.5, 0.6) is 0 Å². The molecule has 0 aliphatic heterocycles. The fourth-order valence-corrected chi connectivity index (χ4v) is 1.65. The molecule has 1 amide bonds. The van der Waals surface area contributed by atoms with E-state index in [1.165, 1.54) is 25.3 Å². The van der Waals surface area contributed by atoms with Crippen molar-refractivity contribution >= 4 is 11.6 Å². The van der Waals surface area contributed by atoms with Crippen LogP contribution in [0.2, 0.25) is 0 Å². The number of hydrogen-bond acceptors (Lipinski definition) is 3. The largest absolute Gasteiger partial charge is 0.329 e. The van der Waals surface area contributed by atoms with E-state index in [2.05, 4.69) is 10.3 Å². The minimum atomic E-state index is -0.578. The zero-order valence-electron chi connectivity index (χ0n) is 10.5. The monoisotopic (exact) mass is 271 g/mol. The first-order chi connectivity index (χ1) is 9.51. The highest BCUT2D eigenvalue weighted by molar-refractivity contribution is 6.04. The Balaban J connectivity index is 2.35. The van der Waals surface area contributed by atoms with Crippen molar-refractivity contribution in [1.29, 1.82) is 5.26 Å². The van der Waals surface area contributed by atoms with E-state index in [0.717, 1.165) is 12.1 Å². The van der Waals surface area contributed by atoms with Crippen LogP contribution in [0.4, 0.5) is 10.1 Å². The first kappa shape index (κ1) is 13.5. The minimum absolute atomic E-state index is 0.106. The number of aromatic nitrogens is 1. The summed E-state index contributed by atoms with van der Waals surface area (Å²) in [6.07, 6.45) is 1.34. The molecule has 0 spiro atoms. The standard InChI is InChI=1S/C14H10FN3O2/c1-8-11(15)4-9(7-16)5-12(8)18-14(20)10-2-3-17-13(19)6-10/h2-6H,1H3,(H,17,19)(H,18,20). The number of aromatic amines is 1. The highest BCUT2D eigenvalue weighted by atomic mass is 19.1. The number of pyridine rings is 1. The van der Waals surface area contributed by atoms with Crippen LogP contribution < -0.4 is 10.9 Å². The van der Waals surface area contributed by atoms with Crippen molar-refractivity contribution < 1.29 is 9.18 Å². The van der Waals surface area contributed by atoms with Crippen molar-refractivity contribution in [2.75, 3.05) is 5.32 Å². The van der Waals surface area contributed by atoms with Crippen molar-refractivity contribution in [3.8, 4) is 6.07 Å². The Morgan fingerprint density at radius 3 is 2.80 bits per heavy atom. The zero-order valence-corrected chi connectivity index (χ0v) is 10.5. The third-order valence-electron chi connectivity index (χ3n) is 2.76. The minimum Gasteiger partial charge on any atom is -0.329 e. The van der Waals surface area contributed by atoms with Crippen LogP contribution in [-0.2, 0) is 0 Å². The predicted molar refractivity (Wildman–Crippen MR) is 70.9 cm³/mol. The van der Waals surface area contributed by atoms with E-state index in [1.807, 2.05) is 6.07 Å². The normalized spacial score (nSPS) is 9.85. The quantitative estimate of drug-likeness (QED) is 0.875. The fourth-order valence-electron chi connectivity index (χ4n) is 1.65. The van der Waals surface area contributed by atoms with Gasteiger partial charge in [-0.3, -0.25) is 9.59 Å². The summed E-state index contributed by atoms with van der Waals surface area (Å²) in [6.45, 7) is 1.49. The van der Waals surface area contributed by atoms with Gasteiger partial charge in [-0.25, -0.2) is 4.39 Å². The van der Waals surface area contributed by atoms with Crippen molar-refractivity contribution in [3.05, 3.63) is 63.3 Å². The van der Waals surface area contributed by atoms with Gasteiger partial charge in [-0.05, 0) is 25.1 Å². The zero-order chi connectivity index (χ0) is 14.7. The summed E-state index contributed by atoms with van der Waals surface area (Å²) in [7, 11) is 0. The van der Waals surface area contributed by atoms with Crippen LogP contribution >= 0.6 is 0 Å². The Kier molecular flexibility index (Phi) is 3.62. The Morgan fingerprint density at radius 1 is 1.40 bits per heavy atom. The Hall–Kier alpha value is -2.94. The van der Waals surface area contributed by atoms with Crippen molar-refractivity contribution in [1.82, 2.24) is 4.98 Å². The topological polar surface area (TPSA) is 85.8 Å². The molecule has 0 aliphatic rings. The second-order valence-corrected chi connectivity index (χ2v) is 4.14. The van der Waals surface area contributed by atoms with Crippen LogP contribution in [0.1, 0.15) is 21.5 Å². The Labute approximate surface area is 113 Å². The average Bonchev–Trinajstić information content (AvgIpc) is 2.43. The molecule has 2 aromatic rings. The van der Waals surface area contributed by atoms with Crippen LogP contribution in [0.25, 0.3) is 0 Å². The van der Waals surface area contributed by atoms with E-state index in [1.54, 1.807) is 0 Å². The summed E-state index contributed by atoms with van der Waals surface area (Å²) in [6, 6.07) is 6.85. The van der Waals surface area contributed by atoms with Crippen molar-refractivity contribution in [2.24, 2.45) is 0 Å². The number of halogens is 1. The second-order valence-electron chi connectivity index (χ2n) is 4.14. The van der Waals surface area contributed by atoms with Crippen LogP contribution in [0.15, 0.2) is 35.3 Å². The first-order valence-electron chi connectivity index (χ1n) is 5.71. The van der Waals surface area contributed by atoms with E-state index in [0.29, 0.717) is 0 Å². The number of anilines is 1. The summed E-state index contributed by atoms with van der Waals surface area (Å²) in [5, 5.41) is 11.3. The van der Waals surface area contributed by atoms with Gasteiger partial charge in [0.2, 0.25) is 5.56 Å². The number of carbonyl (C=O) groups is 1. The molecule has 0 aliphatic carbocycles. The molecule has 1 heterocycles. The average molecular weight is 271 g/mol. The number of nitriles is 1. The maximum Gasteiger partial charge on any atom is 0.255 e. The molecule has 100 valence electrons. The van der Waals surface area contributed by atoms with Gasteiger partial charge in [0.1, 0.15) is 5.82 Å². The number of hydrogen-bond donors (Lipinski definition) is 2. The molecule has 5 nitrogen and oxygen atoms in total. The van der Waals surface area contributed by atoms with E-state index in [4.69, 9.17) is 5.26 Å². The highest BCUT2D eigenvalue weighted by Gasteiger charge is 2.12. The second kappa shape index (κ2) is 5.36. The van der Waals surface area contributed by atoms with Gasteiger partial charge in [0.15, 0.2) is 0 Å². The predicted octanol–water partition coefficient (Wildman–Crippen LogP) is 1.95. The number of carbonyl (C=O) groups excluding carboxylic acids is 1. The van der Waals surface area contributed by atoms with E-state index < -0.39 is 17.3 Å². The lowest BCUT2D eigenvalue weighted by atomic mass is 10.1. The molecule has 0 fully saturated rings. The molecule has 0 bridgehead atoms. The molecule has 0 radical (unpaired) electrons. The number of amides is 1. The Bertz CT molecular complexity index is 775. The number of rotatable bonds is 2. The molecular weight excluding hydrogens is 261 g/mol. The molecule has 0 atom stereocenters. The molecule has 2 rings (SSSR count). The van der Waals surface area contributed by atoms with Crippen molar-refractivity contribution in [3.63, 3.8) is 0 Å². The van der Waals surface area contributed by atoms with Gasteiger partial charge in [0.25, 0.3) is 5.91 Å². The van der Waals surface area contributed by atoms with Crippen LogP contribution in [0.3, 0.4) is 0 Å². The summed E-state index contributed by atoms with van der Waals surface area (Å²) in [5.41, 5.74) is 0.269. The molecule has 0 saturated heterocycles. The summed E-state index contributed by atoms with van der Waals surface area (Å²) < 4.78 is 13.6.